The molecule has 2 amide bonds. The fourth-order valence-corrected chi connectivity index (χ4v) is 6.70. The van der Waals surface area contributed by atoms with Crippen LogP contribution in [0.25, 0.3) is 0 Å². The first-order valence-corrected chi connectivity index (χ1v) is 15.6. The molecule has 0 aromatic heterocycles. The number of piperidine rings is 1. The van der Waals surface area contributed by atoms with Crippen molar-refractivity contribution in [2.24, 2.45) is 5.92 Å². The van der Waals surface area contributed by atoms with Crippen molar-refractivity contribution in [1.82, 2.24) is 9.80 Å². The van der Waals surface area contributed by atoms with Crippen molar-refractivity contribution >= 4 is 17.5 Å². The normalized spacial score (nSPS) is 21.2. The summed E-state index contributed by atoms with van der Waals surface area (Å²) in [5, 5.41) is 3.06. The summed E-state index contributed by atoms with van der Waals surface area (Å²) in [5.41, 5.74) is 3.47. The Morgan fingerprint density at radius 1 is 0.911 bits per heavy atom. The molecule has 0 radical (unpaired) electrons. The lowest BCUT2D eigenvalue weighted by Gasteiger charge is -2.41. The van der Waals surface area contributed by atoms with Crippen molar-refractivity contribution in [2.75, 3.05) is 18.4 Å². The molecule has 1 N–H and O–H groups in total. The maximum absolute atomic E-state index is 15.0. The molecule has 0 bridgehead atoms. The van der Waals surface area contributed by atoms with Gasteiger partial charge in [0.05, 0.1) is 17.5 Å². The first-order valence-electron chi connectivity index (χ1n) is 15.6. The monoisotopic (exact) mass is 623 g/mol. The Hall–Kier alpha value is -3.72. The van der Waals surface area contributed by atoms with Gasteiger partial charge in [-0.15, -0.1) is 0 Å². The van der Waals surface area contributed by atoms with Crippen LogP contribution in [-0.2, 0) is 16.8 Å². The average molecular weight is 624 g/mol. The van der Waals surface area contributed by atoms with E-state index in [1.807, 2.05) is 24.3 Å². The topological polar surface area (TPSA) is 52.7 Å². The number of benzene rings is 3. The fourth-order valence-electron chi connectivity index (χ4n) is 6.70. The van der Waals surface area contributed by atoms with Crippen LogP contribution in [0.15, 0.2) is 66.7 Å². The molecular formula is C36H41F4N3O2. The first kappa shape index (κ1) is 32.7. The third kappa shape index (κ3) is 7.24. The van der Waals surface area contributed by atoms with Gasteiger partial charge in [0.15, 0.2) is 0 Å². The van der Waals surface area contributed by atoms with Gasteiger partial charge >= 0.3 is 6.18 Å². The summed E-state index contributed by atoms with van der Waals surface area (Å²) >= 11 is 0. The van der Waals surface area contributed by atoms with Crippen molar-refractivity contribution in [3.63, 3.8) is 0 Å². The van der Waals surface area contributed by atoms with E-state index in [2.05, 4.69) is 26.1 Å². The molecule has 0 spiro atoms. The lowest BCUT2D eigenvalue weighted by atomic mass is 9.82. The smallest absolute Gasteiger partial charge is 0.331 e. The van der Waals surface area contributed by atoms with Gasteiger partial charge in [0.25, 0.3) is 5.91 Å². The lowest BCUT2D eigenvalue weighted by molar-refractivity contribution is -0.177. The van der Waals surface area contributed by atoms with E-state index < -0.39 is 35.9 Å². The van der Waals surface area contributed by atoms with E-state index in [0.29, 0.717) is 54.7 Å². The van der Waals surface area contributed by atoms with E-state index in [1.165, 1.54) is 11.0 Å². The van der Waals surface area contributed by atoms with Gasteiger partial charge in [-0.2, -0.15) is 13.2 Å². The molecule has 2 aliphatic rings. The first-order chi connectivity index (χ1) is 21.2. The molecule has 2 saturated heterocycles. The van der Waals surface area contributed by atoms with Crippen molar-refractivity contribution < 1.29 is 27.2 Å². The molecule has 1 unspecified atom stereocenters. The highest BCUT2D eigenvalue weighted by molar-refractivity contribution is 5.98. The second-order valence-electron chi connectivity index (χ2n) is 13.4. The van der Waals surface area contributed by atoms with Gasteiger partial charge in [-0.05, 0) is 85.0 Å². The summed E-state index contributed by atoms with van der Waals surface area (Å²) in [6, 6.07) is 17.2. The van der Waals surface area contributed by atoms with E-state index >= 15 is 4.39 Å². The van der Waals surface area contributed by atoms with E-state index in [-0.39, 0.29) is 29.9 Å². The van der Waals surface area contributed by atoms with Gasteiger partial charge in [0.2, 0.25) is 5.91 Å². The number of amides is 2. The minimum atomic E-state index is -4.28. The maximum atomic E-state index is 15.0. The van der Waals surface area contributed by atoms with Crippen LogP contribution < -0.4 is 5.32 Å². The number of nitrogens with one attached hydrogen (secondary N) is 1. The number of halogens is 4. The number of carbonyl (C=O) groups is 2. The molecule has 0 saturated carbocycles. The number of rotatable bonds is 6. The third-order valence-corrected chi connectivity index (χ3v) is 9.11. The van der Waals surface area contributed by atoms with Gasteiger partial charge in [0.1, 0.15) is 11.9 Å². The van der Waals surface area contributed by atoms with Crippen molar-refractivity contribution in [1.29, 1.82) is 0 Å². The van der Waals surface area contributed by atoms with E-state index in [4.69, 9.17) is 0 Å². The summed E-state index contributed by atoms with van der Waals surface area (Å²) in [5.74, 6) is -1.99. The van der Waals surface area contributed by atoms with Gasteiger partial charge < -0.3 is 10.2 Å². The van der Waals surface area contributed by atoms with Crippen LogP contribution >= 0.6 is 0 Å². The Labute approximate surface area is 262 Å². The number of anilines is 1. The van der Waals surface area contributed by atoms with Crippen molar-refractivity contribution in [3.05, 3.63) is 100 Å². The number of hydrogen-bond donors (Lipinski definition) is 1. The van der Waals surface area contributed by atoms with Gasteiger partial charge in [-0.25, -0.2) is 4.39 Å². The maximum Gasteiger partial charge on any atom is 0.404 e. The fraction of sp³-hybridized carbons (Fsp3) is 0.444. The lowest BCUT2D eigenvalue weighted by Crippen LogP contribution is -2.46. The highest BCUT2D eigenvalue weighted by atomic mass is 19.4. The summed E-state index contributed by atoms with van der Waals surface area (Å²) < 4.78 is 55.7. The second kappa shape index (κ2) is 12.9. The highest BCUT2D eigenvalue weighted by Crippen LogP contribution is 2.39. The quantitative estimate of drug-likeness (QED) is 0.282. The predicted molar refractivity (Wildman–Crippen MR) is 167 cm³/mol. The molecule has 5 rings (SSSR count). The molecular weight excluding hydrogens is 582 g/mol. The molecule has 2 fully saturated rings. The Kier molecular flexibility index (Phi) is 9.40. The second-order valence-corrected chi connectivity index (χ2v) is 13.4. The number of hydrogen-bond acceptors (Lipinski definition) is 3. The molecule has 3 aromatic carbocycles. The minimum absolute atomic E-state index is 0.0229. The zero-order valence-electron chi connectivity index (χ0n) is 26.3. The van der Waals surface area contributed by atoms with Gasteiger partial charge in [-0.3, -0.25) is 14.5 Å². The van der Waals surface area contributed by atoms with E-state index in [0.717, 1.165) is 5.56 Å². The van der Waals surface area contributed by atoms with Crippen LogP contribution in [0, 0.1) is 18.7 Å². The molecule has 2 aliphatic heterocycles. The Morgan fingerprint density at radius 2 is 1.60 bits per heavy atom. The van der Waals surface area contributed by atoms with E-state index in [1.54, 1.807) is 48.2 Å². The molecule has 3 aromatic rings. The molecule has 5 nitrogen and oxygen atoms in total. The van der Waals surface area contributed by atoms with Crippen LogP contribution in [0.4, 0.5) is 23.2 Å². The zero-order valence-corrected chi connectivity index (χ0v) is 26.3. The molecule has 0 aliphatic carbocycles. The Morgan fingerprint density at radius 3 is 2.27 bits per heavy atom. The predicted octanol–water partition coefficient (Wildman–Crippen LogP) is 8.19. The van der Waals surface area contributed by atoms with Crippen LogP contribution in [0.5, 0.6) is 0 Å². The van der Waals surface area contributed by atoms with Gasteiger partial charge in [0, 0.05) is 18.8 Å². The number of carbonyl (C=O) groups excluding carboxylic acids is 2. The molecule has 240 valence electrons. The molecule has 2 heterocycles. The number of likely N-dealkylation sites (tertiary alicyclic amines) is 2. The Balaban J connectivity index is 1.46. The standard InChI is InChI=1S/C36H41F4N3O2/c1-23-9-5-13-29(37)31(23)34(45)43-20-7-12-28(33(44)41-27-11-6-10-26(21-27)35(2,3)4)32(43)25-17-15-24(16-18-25)22-42-19-8-14-30(42)36(38,39)40/h5-6,9-11,13,15-18,21,28,30,32H,7-8,12,14,19-20,22H2,1-4H3,(H,41,44)/t28-,30+,32?/m0/s1. The van der Waals surface area contributed by atoms with Crippen LogP contribution in [0.2, 0.25) is 0 Å². The summed E-state index contributed by atoms with van der Waals surface area (Å²) in [6.45, 7) is 8.83. The van der Waals surface area contributed by atoms with Crippen molar-refractivity contribution in [3.8, 4) is 0 Å². The Bertz CT molecular complexity index is 1510. The molecule has 3 atom stereocenters. The van der Waals surface area contributed by atoms with Crippen LogP contribution in [0.1, 0.15) is 85.1 Å². The highest BCUT2D eigenvalue weighted by Gasteiger charge is 2.46. The number of aryl methyl sites for hydroxylation is 1. The molecule has 45 heavy (non-hydrogen) atoms. The number of alkyl halides is 3. The third-order valence-electron chi connectivity index (χ3n) is 9.11. The summed E-state index contributed by atoms with van der Waals surface area (Å²) in [6.07, 6.45) is -2.63. The summed E-state index contributed by atoms with van der Waals surface area (Å²) in [4.78, 5) is 31.0. The SMILES string of the molecule is Cc1cccc(F)c1C(=O)N1CCC[C@H](C(=O)Nc2cccc(C(C)(C)C)c2)C1c1ccc(CN2CCC[C@@H]2C(F)(F)F)cc1. The average Bonchev–Trinajstić information content (AvgIpc) is 3.46. The van der Waals surface area contributed by atoms with E-state index in [9.17, 15) is 22.8 Å². The van der Waals surface area contributed by atoms with Crippen LogP contribution in [-0.4, -0.2) is 46.9 Å². The minimum Gasteiger partial charge on any atom is -0.331 e. The van der Waals surface area contributed by atoms with Crippen LogP contribution in [0.3, 0.4) is 0 Å². The largest absolute Gasteiger partial charge is 0.404 e. The van der Waals surface area contributed by atoms with Gasteiger partial charge in [-0.1, -0.05) is 69.3 Å². The summed E-state index contributed by atoms with van der Waals surface area (Å²) in [7, 11) is 0. The van der Waals surface area contributed by atoms with Crippen molar-refractivity contribution in [2.45, 2.75) is 83.6 Å². The number of nitrogens with zero attached hydrogens (tertiary/aromatic N) is 2. The molecule has 9 heteroatoms. The zero-order chi connectivity index (χ0) is 32.5.